The molecular weight excluding hydrogens is 398 g/mol. The quantitative estimate of drug-likeness (QED) is 0.630. The van der Waals surface area contributed by atoms with Crippen molar-refractivity contribution in [2.24, 2.45) is 0 Å². The zero-order chi connectivity index (χ0) is 22.2. The Bertz CT molecular complexity index is 1040. The lowest BCUT2D eigenvalue weighted by Crippen LogP contribution is -2.27. The Morgan fingerprint density at radius 1 is 0.871 bits per heavy atom. The molecule has 0 amide bonds. The molecular formula is C24H23NO6. The molecule has 7 nitrogen and oxygen atoms in total. The maximum Gasteiger partial charge on any atom is 0.355 e. The number of allylic oxidation sites excluding steroid dienone is 2. The van der Waals surface area contributed by atoms with Crippen LogP contribution >= 0.6 is 0 Å². The average molecular weight is 421 g/mol. The van der Waals surface area contributed by atoms with E-state index in [2.05, 4.69) is 0 Å². The van der Waals surface area contributed by atoms with Crippen molar-refractivity contribution in [3.05, 3.63) is 89.8 Å². The number of carbonyl (C=O) groups excluding carboxylic acids is 2. The van der Waals surface area contributed by atoms with Gasteiger partial charge in [0.2, 0.25) is 0 Å². The lowest BCUT2D eigenvalue weighted by molar-refractivity contribution is -0.139. The van der Waals surface area contributed by atoms with Gasteiger partial charge in [-0.05, 0) is 29.8 Å². The van der Waals surface area contributed by atoms with Crippen LogP contribution in [-0.4, -0.2) is 33.3 Å². The number of anilines is 1. The number of nitrogens with zero attached hydrogens (tertiary/aromatic N) is 1. The Morgan fingerprint density at radius 3 is 2.29 bits per heavy atom. The molecule has 7 heteroatoms. The minimum atomic E-state index is -0.681. The molecule has 0 radical (unpaired) electrons. The van der Waals surface area contributed by atoms with Gasteiger partial charge in [0.15, 0.2) is 11.5 Å². The zero-order valence-electron chi connectivity index (χ0n) is 17.5. The van der Waals surface area contributed by atoms with Gasteiger partial charge in [-0.3, -0.25) is 0 Å². The number of rotatable bonds is 7. The molecule has 0 spiro atoms. The summed E-state index contributed by atoms with van der Waals surface area (Å²) < 4.78 is 21.2. The monoisotopic (exact) mass is 421 g/mol. The first-order valence-electron chi connectivity index (χ1n) is 9.48. The van der Waals surface area contributed by atoms with Crippen molar-refractivity contribution in [1.82, 2.24) is 0 Å². The van der Waals surface area contributed by atoms with E-state index < -0.39 is 11.9 Å². The van der Waals surface area contributed by atoms with Crippen LogP contribution < -0.4 is 14.4 Å². The Hall–Kier alpha value is -4.00. The number of ether oxygens (including phenoxy) is 4. The highest BCUT2D eigenvalue weighted by molar-refractivity contribution is 6.05. The SMILES string of the molecule is COC(=O)C1=C(C(=O)OC)N(c2ccc(OCc3ccccc3)c(OC)c2)C=CC=C1. The van der Waals surface area contributed by atoms with Crippen molar-refractivity contribution in [1.29, 1.82) is 0 Å². The molecule has 160 valence electrons. The van der Waals surface area contributed by atoms with Crippen LogP contribution in [0.15, 0.2) is 84.2 Å². The Labute approximate surface area is 180 Å². The fraction of sp³-hybridized carbons (Fsp3) is 0.167. The summed E-state index contributed by atoms with van der Waals surface area (Å²) in [5, 5.41) is 0. The molecule has 2 aromatic rings. The zero-order valence-corrected chi connectivity index (χ0v) is 17.5. The molecule has 1 heterocycles. The van der Waals surface area contributed by atoms with E-state index >= 15 is 0 Å². The molecule has 3 rings (SSSR count). The van der Waals surface area contributed by atoms with Gasteiger partial charge >= 0.3 is 11.9 Å². The lowest BCUT2D eigenvalue weighted by atomic mass is 10.1. The molecule has 1 aliphatic heterocycles. The summed E-state index contributed by atoms with van der Waals surface area (Å²) in [4.78, 5) is 26.4. The van der Waals surface area contributed by atoms with E-state index in [0.717, 1.165) is 5.56 Å². The third-order valence-corrected chi connectivity index (χ3v) is 4.55. The molecule has 0 atom stereocenters. The van der Waals surface area contributed by atoms with Gasteiger partial charge in [-0.2, -0.15) is 0 Å². The van der Waals surface area contributed by atoms with E-state index in [9.17, 15) is 9.59 Å². The summed E-state index contributed by atoms with van der Waals surface area (Å²) in [6.45, 7) is 0.379. The summed E-state index contributed by atoms with van der Waals surface area (Å²) in [5.74, 6) is -0.313. The molecule has 0 fully saturated rings. The van der Waals surface area contributed by atoms with Crippen molar-refractivity contribution in [3.63, 3.8) is 0 Å². The largest absolute Gasteiger partial charge is 0.493 e. The van der Waals surface area contributed by atoms with Crippen molar-refractivity contribution < 1.29 is 28.5 Å². The van der Waals surface area contributed by atoms with Crippen LogP contribution in [0.25, 0.3) is 0 Å². The topological polar surface area (TPSA) is 74.3 Å². The van der Waals surface area contributed by atoms with Crippen LogP contribution in [0.5, 0.6) is 11.5 Å². The first kappa shape index (κ1) is 21.7. The number of benzene rings is 2. The molecule has 0 bridgehead atoms. The van der Waals surface area contributed by atoms with E-state index in [0.29, 0.717) is 23.8 Å². The fourth-order valence-corrected chi connectivity index (χ4v) is 3.03. The Balaban J connectivity index is 1.97. The Morgan fingerprint density at radius 2 is 1.61 bits per heavy atom. The van der Waals surface area contributed by atoms with Crippen LogP contribution in [0.3, 0.4) is 0 Å². The summed E-state index contributed by atoms with van der Waals surface area (Å²) in [6, 6.07) is 15.0. The van der Waals surface area contributed by atoms with Crippen LogP contribution in [0.1, 0.15) is 5.56 Å². The molecule has 0 saturated heterocycles. The van der Waals surface area contributed by atoms with Crippen LogP contribution in [0.2, 0.25) is 0 Å². The van der Waals surface area contributed by atoms with Gasteiger partial charge in [0.1, 0.15) is 12.3 Å². The third kappa shape index (κ3) is 4.95. The lowest BCUT2D eigenvalue weighted by Gasteiger charge is -2.24. The normalized spacial score (nSPS) is 12.9. The minimum absolute atomic E-state index is 0.0272. The number of hydrogen-bond donors (Lipinski definition) is 0. The van der Waals surface area contributed by atoms with Gasteiger partial charge in [0, 0.05) is 18.0 Å². The maximum atomic E-state index is 12.6. The summed E-state index contributed by atoms with van der Waals surface area (Å²) in [7, 11) is 4.04. The number of hydrogen-bond acceptors (Lipinski definition) is 7. The summed E-state index contributed by atoms with van der Waals surface area (Å²) in [5.41, 5.74) is 1.70. The van der Waals surface area contributed by atoms with Gasteiger partial charge in [0.25, 0.3) is 0 Å². The molecule has 2 aromatic carbocycles. The van der Waals surface area contributed by atoms with E-state index in [1.54, 1.807) is 41.5 Å². The van der Waals surface area contributed by atoms with Crippen molar-refractivity contribution in [3.8, 4) is 11.5 Å². The summed E-state index contributed by atoms with van der Waals surface area (Å²) in [6.07, 6.45) is 6.50. The second-order valence-electron chi connectivity index (χ2n) is 6.43. The van der Waals surface area contributed by atoms with E-state index in [1.807, 2.05) is 30.3 Å². The van der Waals surface area contributed by atoms with Crippen LogP contribution in [-0.2, 0) is 25.7 Å². The molecule has 0 aromatic heterocycles. The fourth-order valence-electron chi connectivity index (χ4n) is 3.03. The van der Waals surface area contributed by atoms with Gasteiger partial charge in [-0.15, -0.1) is 0 Å². The van der Waals surface area contributed by atoms with Gasteiger partial charge in [0.05, 0.1) is 26.9 Å². The van der Waals surface area contributed by atoms with Gasteiger partial charge < -0.3 is 23.8 Å². The molecule has 0 saturated carbocycles. The maximum absolute atomic E-state index is 12.6. The van der Waals surface area contributed by atoms with Gasteiger partial charge in [-0.25, -0.2) is 9.59 Å². The smallest absolute Gasteiger partial charge is 0.355 e. The third-order valence-electron chi connectivity index (χ3n) is 4.55. The number of esters is 2. The van der Waals surface area contributed by atoms with E-state index in [1.165, 1.54) is 27.4 Å². The first-order chi connectivity index (χ1) is 15.1. The molecule has 0 aliphatic carbocycles. The number of carbonyl (C=O) groups is 2. The van der Waals surface area contributed by atoms with Crippen LogP contribution in [0, 0.1) is 0 Å². The Kier molecular flexibility index (Phi) is 7.11. The predicted molar refractivity (Wildman–Crippen MR) is 116 cm³/mol. The number of methoxy groups -OCH3 is 3. The van der Waals surface area contributed by atoms with Crippen molar-refractivity contribution in [2.45, 2.75) is 6.61 Å². The van der Waals surface area contributed by atoms with Gasteiger partial charge in [-0.1, -0.05) is 36.4 Å². The van der Waals surface area contributed by atoms with E-state index in [-0.39, 0.29) is 11.3 Å². The highest BCUT2D eigenvalue weighted by Crippen LogP contribution is 2.35. The molecule has 0 N–H and O–H groups in total. The van der Waals surface area contributed by atoms with Crippen molar-refractivity contribution in [2.75, 3.05) is 26.2 Å². The highest BCUT2D eigenvalue weighted by Gasteiger charge is 2.28. The minimum Gasteiger partial charge on any atom is -0.493 e. The first-order valence-corrected chi connectivity index (χ1v) is 9.48. The summed E-state index contributed by atoms with van der Waals surface area (Å²) >= 11 is 0. The predicted octanol–water partition coefficient (Wildman–Crippen LogP) is 3.76. The van der Waals surface area contributed by atoms with Crippen molar-refractivity contribution >= 4 is 17.6 Å². The standard InChI is InChI=1S/C24H23NO6/c1-28-21-15-18(12-13-20(21)31-16-17-9-5-4-6-10-17)25-14-8-7-11-19(23(26)29-2)22(25)24(27)30-3/h4-15H,16H2,1-3H3. The molecule has 31 heavy (non-hydrogen) atoms. The van der Waals surface area contributed by atoms with E-state index in [4.69, 9.17) is 18.9 Å². The second-order valence-corrected chi connectivity index (χ2v) is 6.43. The van der Waals surface area contributed by atoms with Crippen LogP contribution in [0.4, 0.5) is 5.69 Å². The molecule has 1 aliphatic rings. The average Bonchev–Trinajstić information content (AvgIpc) is 3.05. The highest BCUT2D eigenvalue weighted by atomic mass is 16.5. The second kappa shape index (κ2) is 10.2. The molecule has 0 unspecified atom stereocenters.